The maximum absolute atomic E-state index is 14.2. The maximum atomic E-state index is 14.2. The fourth-order valence-corrected chi connectivity index (χ4v) is 5.70. The van der Waals surface area contributed by atoms with Crippen LogP contribution in [0.25, 0.3) is 22.2 Å². The van der Waals surface area contributed by atoms with Crippen molar-refractivity contribution in [1.82, 2.24) is 29.1 Å². The molecule has 0 amide bonds. The largest absolute Gasteiger partial charge is 0.612 e. The first-order valence-corrected chi connectivity index (χ1v) is 12.9. The van der Waals surface area contributed by atoms with E-state index < -0.39 is 22.6 Å². The Labute approximate surface area is 206 Å². The number of nitrogens with one attached hydrogen (secondary N) is 1. The Morgan fingerprint density at radius 3 is 2.94 bits per heavy atom. The molecule has 9 nitrogen and oxygen atoms in total. The zero-order valence-corrected chi connectivity index (χ0v) is 20.1. The fourth-order valence-electron chi connectivity index (χ4n) is 4.78. The number of fused-ring (bicyclic) bond motifs is 2. The van der Waals surface area contributed by atoms with Gasteiger partial charge in [0.05, 0.1) is 22.9 Å². The molecule has 0 spiro atoms. The highest BCUT2D eigenvalue weighted by molar-refractivity contribution is 7.91. The van der Waals surface area contributed by atoms with Crippen LogP contribution in [0.1, 0.15) is 24.7 Å². The van der Waals surface area contributed by atoms with Gasteiger partial charge in [-0.2, -0.15) is 5.10 Å². The topological polar surface area (TPSA) is 107 Å². The van der Waals surface area contributed by atoms with Gasteiger partial charge in [-0.15, -0.1) is 0 Å². The molecule has 1 aromatic carbocycles. The molecule has 5 heterocycles. The highest BCUT2D eigenvalue weighted by Crippen LogP contribution is 2.39. The molecule has 2 atom stereocenters. The highest BCUT2D eigenvalue weighted by atomic mass is 35.5. The molecule has 1 aliphatic heterocycles. The zero-order valence-electron chi connectivity index (χ0n) is 18.5. The van der Waals surface area contributed by atoms with Gasteiger partial charge in [-0.3, -0.25) is 9.36 Å². The molecule has 1 N–H and O–H groups in total. The second kappa shape index (κ2) is 8.36. The summed E-state index contributed by atoms with van der Waals surface area (Å²) in [5.41, 5.74) is 0.748. The van der Waals surface area contributed by atoms with Gasteiger partial charge in [-0.25, -0.2) is 18.9 Å². The van der Waals surface area contributed by atoms with Crippen molar-refractivity contribution in [1.29, 1.82) is 0 Å². The minimum absolute atomic E-state index is 0.211. The molecule has 6 rings (SSSR count). The second-order valence-electron chi connectivity index (χ2n) is 8.31. The van der Waals surface area contributed by atoms with Crippen molar-refractivity contribution in [2.24, 2.45) is 0 Å². The molecule has 35 heavy (non-hydrogen) atoms. The summed E-state index contributed by atoms with van der Waals surface area (Å²) in [4.78, 5) is 28.2. The van der Waals surface area contributed by atoms with E-state index in [2.05, 4.69) is 15.0 Å². The van der Waals surface area contributed by atoms with Gasteiger partial charge in [-0.05, 0) is 48.3 Å². The van der Waals surface area contributed by atoms with E-state index in [0.717, 1.165) is 6.42 Å². The van der Waals surface area contributed by atoms with Gasteiger partial charge >= 0.3 is 0 Å². The van der Waals surface area contributed by atoms with Crippen LogP contribution in [0.3, 0.4) is 0 Å². The number of nitrogens with zero attached hydrogens (tertiary/aromatic N) is 6. The van der Waals surface area contributed by atoms with Gasteiger partial charge in [0.15, 0.2) is 10.7 Å². The quantitative estimate of drug-likeness (QED) is 0.369. The Morgan fingerprint density at radius 1 is 1.29 bits per heavy atom. The monoisotopic (exact) mass is 511 g/mol. The predicted octanol–water partition coefficient (Wildman–Crippen LogP) is 3.63. The summed E-state index contributed by atoms with van der Waals surface area (Å²) < 4.78 is 29.5. The summed E-state index contributed by atoms with van der Waals surface area (Å²) in [6.07, 6.45) is 7.86. The molecule has 12 heteroatoms. The molecule has 4 aromatic heterocycles. The number of aromatic nitrogens is 6. The number of H-pyrrole nitrogens is 1. The van der Waals surface area contributed by atoms with Gasteiger partial charge in [0.25, 0.3) is 5.56 Å². The van der Waals surface area contributed by atoms with E-state index in [1.165, 1.54) is 27.5 Å². The number of hydrogen-bond donors (Lipinski definition) is 1. The zero-order chi connectivity index (χ0) is 24.3. The molecule has 1 fully saturated rings. The summed E-state index contributed by atoms with van der Waals surface area (Å²) in [6.45, 7) is 0.640. The van der Waals surface area contributed by atoms with E-state index in [1.807, 2.05) is 4.90 Å². The molecule has 0 saturated carbocycles. The van der Waals surface area contributed by atoms with E-state index in [4.69, 9.17) is 16.7 Å². The lowest BCUT2D eigenvalue weighted by molar-refractivity contribution is 0.596. The van der Waals surface area contributed by atoms with Crippen LogP contribution in [0.4, 0.5) is 10.2 Å². The Hall–Kier alpha value is -3.41. The van der Waals surface area contributed by atoms with Crippen LogP contribution in [0.2, 0.25) is 5.02 Å². The third-order valence-corrected chi connectivity index (χ3v) is 7.52. The first kappa shape index (κ1) is 22.1. The van der Waals surface area contributed by atoms with Crippen LogP contribution in [0, 0.1) is 5.82 Å². The summed E-state index contributed by atoms with van der Waals surface area (Å²) in [5, 5.41) is 5.70. The van der Waals surface area contributed by atoms with Crippen molar-refractivity contribution >= 4 is 45.1 Å². The lowest BCUT2D eigenvalue weighted by Crippen LogP contribution is -2.33. The van der Waals surface area contributed by atoms with Crippen LogP contribution in [0.5, 0.6) is 0 Å². The van der Waals surface area contributed by atoms with Gasteiger partial charge in [0.1, 0.15) is 40.8 Å². The Bertz CT molecular complexity index is 1650. The van der Waals surface area contributed by atoms with Gasteiger partial charge < -0.3 is 14.4 Å². The van der Waals surface area contributed by atoms with Crippen LogP contribution in [0.15, 0.2) is 58.7 Å². The maximum Gasteiger partial charge on any atom is 0.284 e. The van der Waals surface area contributed by atoms with Crippen LogP contribution in [-0.4, -0.2) is 46.5 Å². The Morgan fingerprint density at radius 2 is 2.14 bits per heavy atom. The Balaban J connectivity index is 1.60. The number of hydrogen-bond acceptors (Lipinski definition) is 6. The van der Waals surface area contributed by atoms with Crippen molar-refractivity contribution in [3.05, 3.63) is 76.1 Å². The first-order valence-electron chi connectivity index (χ1n) is 10.9. The van der Waals surface area contributed by atoms with Gasteiger partial charge in [0, 0.05) is 12.7 Å². The normalized spacial score (nSPS) is 17.0. The SMILES string of the molecule is C[S@@+]([O-])c1c[nH]c2ncnc(N3CCCC3c3nn4ccc(Cl)c4c(=O)n3-c3cccc(F)c3)c12. The molecule has 178 valence electrons. The van der Waals surface area contributed by atoms with Crippen LogP contribution in [-0.2, 0) is 11.2 Å². The molecule has 0 radical (unpaired) electrons. The Kier molecular flexibility index (Phi) is 5.28. The molecule has 0 aliphatic carbocycles. The third kappa shape index (κ3) is 3.49. The smallest absolute Gasteiger partial charge is 0.284 e. The van der Waals surface area contributed by atoms with Crippen molar-refractivity contribution in [2.75, 3.05) is 17.7 Å². The number of halogens is 2. The lowest BCUT2D eigenvalue weighted by atomic mass is 10.2. The predicted molar refractivity (Wildman–Crippen MR) is 131 cm³/mol. The van der Waals surface area contributed by atoms with Crippen molar-refractivity contribution in [2.45, 2.75) is 23.8 Å². The fraction of sp³-hybridized carbons (Fsp3) is 0.217. The number of rotatable bonds is 4. The molecule has 1 aliphatic rings. The first-order chi connectivity index (χ1) is 16.9. The third-order valence-electron chi connectivity index (χ3n) is 6.27. The number of anilines is 1. The number of benzene rings is 1. The van der Waals surface area contributed by atoms with Crippen LogP contribution < -0.4 is 10.5 Å². The summed E-state index contributed by atoms with van der Waals surface area (Å²) in [7, 11) is 0. The second-order valence-corrected chi connectivity index (χ2v) is 10.1. The number of aromatic amines is 1. The molecule has 1 unspecified atom stereocenters. The van der Waals surface area contributed by atoms with E-state index >= 15 is 0 Å². The highest BCUT2D eigenvalue weighted by Gasteiger charge is 2.35. The minimum Gasteiger partial charge on any atom is -0.612 e. The summed E-state index contributed by atoms with van der Waals surface area (Å²) in [5.74, 6) is 0.568. The molecular weight excluding hydrogens is 493 g/mol. The van der Waals surface area contributed by atoms with E-state index in [9.17, 15) is 13.7 Å². The van der Waals surface area contributed by atoms with E-state index in [0.29, 0.717) is 46.2 Å². The molecule has 0 bridgehead atoms. The van der Waals surface area contributed by atoms with Crippen LogP contribution >= 0.6 is 11.6 Å². The van der Waals surface area contributed by atoms with Gasteiger partial charge in [0.2, 0.25) is 0 Å². The summed E-state index contributed by atoms with van der Waals surface area (Å²) >= 11 is 5.03. The average molecular weight is 512 g/mol. The van der Waals surface area contributed by atoms with Crippen molar-refractivity contribution < 1.29 is 8.94 Å². The minimum atomic E-state index is -1.26. The average Bonchev–Trinajstić information content (AvgIpc) is 3.57. The van der Waals surface area contributed by atoms with E-state index in [1.54, 1.807) is 36.8 Å². The standard InChI is InChI=1S/C23H19ClFN7O2S/c1-35(34)17-11-26-20-18(17)22(28-12-27-20)30-8-3-6-16(30)21-29-31-9-7-15(24)19(31)23(33)32(21)14-5-2-4-13(25)10-14/h2,4-5,7,9-12,16H,3,6,8H2,1H3,(H,26,27,28)/t16?,35-/m1/s1. The summed E-state index contributed by atoms with van der Waals surface area (Å²) in [6, 6.07) is 7.08. The molecular formula is C23H19ClFN7O2S. The molecule has 1 saturated heterocycles. The van der Waals surface area contributed by atoms with Crippen molar-refractivity contribution in [3.8, 4) is 5.69 Å². The van der Waals surface area contributed by atoms with Crippen molar-refractivity contribution in [3.63, 3.8) is 0 Å². The lowest BCUT2D eigenvalue weighted by Gasteiger charge is -2.27. The molecule has 5 aromatic rings. The van der Waals surface area contributed by atoms with E-state index in [-0.39, 0.29) is 16.6 Å². The van der Waals surface area contributed by atoms with Gasteiger partial charge in [-0.1, -0.05) is 17.7 Å².